The lowest BCUT2D eigenvalue weighted by molar-refractivity contribution is -0.140. The average molecular weight is 276 g/mol. The summed E-state index contributed by atoms with van der Waals surface area (Å²) in [6, 6.07) is 7.19. The molecule has 1 aliphatic rings. The Hall–Kier alpha value is -1.71. The predicted octanol–water partition coefficient (Wildman–Crippen LogP) is 2.54. The minimum atomic E-state index is -0.478. The fourth-order valence-corrected chi connectivity index (χ4v) is 2.94. The molecule has 0 unspecified atom stereocenters. The van der Waals surface area contributed by atoms with E-state index in [1.807, 2.05) is 17.0 Å². The van der Waals surface area contributed by atoms with Crippen molar-refractivity contribution in [3.63, 3.8) is 0 Å². The van der Waals surface area contributed by atoms with Crippen molar-refractivity contribution >= 4 is 11.6 Å². The van der Waals surface area contributed by atoms with E-state index in [4.69, 9.17) is 10.5 Å². The number of likely N-dealkylation sites (tertiary alicyclic amines) is 1. The highest BCUT2D eigenvalue weighted by Crippen LogP contribution is 2.22. The molecular formula is C16H24N2O2. The Morgan fingerprint density at radius 2 is 2.00 bits per heavy atom. The van der Waals surface area contributed by atoms with Crippen LogP contribution in [0.3, 0.4) is 0 Å². The lowest BCUT2D eigenvalue weighted by Gasteiger charge is -2.36. The quantitative estimate of drug-likeness (QED) is 0.863. The van der Waals surface area contributed by atoms with Crippen molar-refractivity contribution in [3.8, 4) is 5.75 Å². The monoisotopic (exact) mass is 276 g/mol. The number of piperidine rings is 1. The van der Waals surface area contributed by atoms with Crippen LogP contribution in [0.2, 0.25) is 0 Å². The average Bonchev–Trinajstić information content (AvgIpc) is 2.36. The van der Waals surface area contributed by atoms with Crippen molar-refractivity contribution in [3.05, 3.63) is 24.3 Å². The first-order valence-corrected chi connectivity index (χ1v) is 7.26. The highest BCUT2D eigenvalue weighted by atomic mass is 16.5. The van der Waals surface area contributed by atoms with E-state index in [0.29, 0.717) is 23.3 Å². The molecule has 1 fully saturated rings. The fraction of sp³-hybridized carbons (Fsp3) is 0.562. The van der Waals surface area contributed by atoms with Gasteiger partial charge in [0, 0.05) is 24.8 Å². The molecular weight excluding hydrogens is 252 g/mol. The zero-order chi connectivity index (χ0) is 14.7. The number of amides is 1. The zero-order valence-electron chi connectivity index (χ0n) is 12.5. The molecule has 1 aliphatic heterocycles. The van der Waals surface area contributed by atoms with Gasteiger partial charge in [-0.25, -0.2) is 0 Å². The standard InChI is InChI=1S/C16H24N2O2/c1-11-7-12(2)10-18(9-11)16(19)13(3)20-15-6-4-5-14(17)8-15/h4-6,8,11-13H,7,9-10,17H2,1-3H3/t11-,12+,13-/m0/s1. The van der Waals surface area contributed by atoms with E-state index in [0.717, 1.165) is 13.1 Å². The van der Waals surface area contributed by atoms with Crippen LogP contribution in [-0.4, -0.2) is 30.0 Å². The van der Waals surface area contributed by atoms with Crippen LogP contribution in [0.15, 0.2) is 24.3 Å². The molecule has 0 spiro atoms. The Labute approximate surface area is 120 Å². The van der Waals surface area contributed by atoms with Crippen LogP contribution in [-0.2, 0) is 4.79 Å². The molecule has 1 aromatic rings. The number of ether oxygens (including phenoxy) is 1. The normalized spacial score (nSPS) is 24.2. The summed E-state index contributed by atoms with van der Waals surface area (Å²) in [6.07, 6.45) is 0.711. The van der Waals surface area contributed by atoms with Crippen LogP contribution in [0, 0.1) is 11.8 Å². The molecule has 110 valence electrons. The van der Waals surface area contributed by atoms with E-state index in [2.05, 4.69) is 13.8 Å². The number of carbonyl (C=O) groups excluding carboxylic acids is 1. The van der Waals surface area contributed by atoms with Crippen LogP contribution in [0.1, 0.15) is 27.2 Å². The first-order chi connectivity index (χ1) is 9.45. The van der Waals surface area contributed by atoms with Gasteiger partial charge in [-0.2, -0.15) is 0 Å². The van der Waals surface area contributed by atoms with Crippen molar-refractivity contribution in [2.45, 2.75) is 33.3 Å². The zero-order valence-corrected chi connectivity index (χ0v) is 12.5. The smallest absolute Gasteiger partial charge is 0.263 e. The molecule has 4 heteroatoms. The molecule has 3 atom stereocenters. The van der Waals surface area contributed by atoms with Gasteiger partial charge in [0.25, 0.3) is 5.91 Å². The minimum Gasteiger partial charge on any atom is -0.481 e. The third-order valence-electron chi connectivity index (χ3n) is 3.70. The summed E-state index contributed by atoms with van der Waals surface area (Å²) < 4.78 is 5.71. The molecule has 1 aromatic carbocycles. The number of hydrogen-bond donors (Lipinski definition) is 1. The SMILES string of the molecule is C[C@@H]1C[C@H](C)CN(C(=O)[C@H](C)Oc2cccc(N)c2)C1. The van der Waals surface area contributed by atoms with Crippen molar-refractivity contribution in [2.24, 2.45) is 11.8 Å². The minimum absolute atomic E-state index is 0.0609. The van der Waals surface area contributed by atoms with Gasteiger partial charge in [0.1, 0.15) is 5.75 Å². The number of hydrogen-bond acceptors (Lipinski definition) is 3. The maximum Gasteiger partial charge on any atom is 0.263 e. The molecule has 2 N–H and O–H groups in total. The van der Waals surface area contributed by atoms with E-state index in [1.54, 1.807) is 19.1 Å². The van der Waals surface area contributed by atoms with Crippen LogP contribution in [0.5, 0.6) is 5.75 Å². The fourth-order valence-electron chi connectivity index (χ4n) is 2.94. The summed E-state index contributed by atoms with van der Waals surface area (Å²) in [6.45, 7) is 7.84. The predicted molar refractivity (Wildman–Crippen MR) is 80.5 cm³/mol. The van der Waals surface area contributed by atoms with E-state index < -0.39 is 6.10 Å². The van der Waals surface area contributed by atoms with E-state index >= 15 is 0 Å². The van der Waals surface area contributed by atoms with E-state index in [1.165, 1.54) is 6.42 Å². The number of anilines is 1. The van der Waals surface area contributed by atoms with E-state index in [-0.39, 0.29) is 5.91 Å². The third kappa shape index (κ3) is 3.65. The van der Waals surface area contributed by atoms with Gasteiger partial charge in [-0.3, -0.25) is 4.79 Å². The molecule has 0 saturated carbocycles. The van der Waals surface area contributed by atoms with Crippen LogP contribution in [0.25, 0.3) is 0 Å². The highest BCUT2D eigenvalue weighted by Gasteiger charge is 2.29. The van der Waals surface area contributed by atoms with Crippen molar-refractivity contribution in [2.75, 3.05) is 18.8 Å². The molecule has 0 aromatic heterocycles. The Bertz CT molecular complexity index is 465. The van der Waals surface area contributed by atoms with Crippen LogP contribution >= 0.6 is 0 Å². The largest absolute Gasteiger partial charge is 0.481 e. The maximum absolute atomic E-state index is 12.4. The highest BCUT2D eigenvalue weighted by molar-refractivity contribution is 5.81. The second kappa shape index (κ2) is 6.16. The van der Waals surface area contributed by atoms with Gasteiger partial charge in [-0.05, 0) is 37.3 Å². The Balaban J connectivity index is 1.98. The number of nitrogens with zero attached hydrogens (tertiary/aromatic N) is 1. The summed E-state index contributed by atoms with van der Waals surface area (Å²) in [7, 11) is 0. The Kier molecular flexibility index (Phi) is 4.53. The summed E-state index contributed by atoms with van der Waals surface area (Å²) in [5, 5.41) is 0. The van der Waals surface area contributed by atoms with Gasteiger partial charge in [0.15, 0.2) is 6.10 Å². The van der Waals surface area contributed by atoms with E-state index in [9.17, 15) is 4.79 Å². The number of carbonyl (C=O) groups is 1. The Morgan fingerprint density at radius 1 is 1.35 bits per heavy atom. The molecule has 20 heavy (non-hydrogen) atoms. The number of benzene rings is 1. The number of rotatable bonds is 3. The van der Waals surface area contributed by atoms with Gasteiger partial charge in [0.2, 0.25) is 0 Å². The van der Waals surface area contributed by atoms with Gasteiger partial charge in [0.05, 0.1) is 0 Å². The Morgan fingerprint density at radius 3 is 2.60 bits per heavy atom. The molecule has 1 amide bonds. The van der Waals surface area contributed by atoms with Crippen molar-refractivity contribution in [1.82, 2.24) is 4.90 Å². The van der Waals surface area contributed by atoms with Crippen molar-refractivity contribution < 1.29 is 9.53 Å². The molecule has 0 radical (unpaired) electrons. The van der Waals surface area contributed by atoms with Gasteiger partial charge < -0.3 is 15.4 Å². The second-order valence-corrected chi connectivity index (χ2v) is 6.02. The second-order valence-electron chi connectivity index (χ2n) is 6.02. The topological polar surface area (TPSA) is 55.6 Å². The number of nitrogens with two attached hydrogens (primary N) is 1. The molecule has 2 rings (SSSR count). The molecule has 1 heterocycles. The van der Waals surface area contributed by atoms with Crippen molar-refractivity contribution in [1.29, 1.82) is 0 Å². The summed E-state index contributed by atoms with van der Waals surface area (Å²) in [5.74, 6) is 1.82. The lowest BCUT2D eigenvalue weighted by atomic mass is 9.91. The van der Waals surface area contributed by atoms with Gasteiger partial charge in [-0.15, -0.1) is 0 Å². The van der Waals surface area contributed by atoms with Gasteiger partial charge in [-0.1, -0.05) is 19.9 Å². The first kappa shape index (κ1) is 14.7. The number of nitrogen functional groups attached to an aromatic ring is 1. The summed E-state index contributed by atoms with van der Waals surface area (Å²) >= 11 is 0. The van der Waals surface area contributed by atoms with Gasteiger partial charge >= 0.3 is 0 Å². The maximum atomic E-state index is 12.4. The summed E-state index contributed by atoms with van der Waals surface area (Å²) in [4.78, 5) is 14.4. The molecule has 4 nitrogen and oxygen atoms in total. The van der Waals surface area contributed by atoms with Crippen LogP contribution in [0.4, 0.5) is 5.69 Å². The third-order valence-corrected chi connectivity index (χ3v) is 3.70. The summed E-state index contributed by atoms with van der Waals surface area (Å²) in [5.41, 5.74) is 6.36. The first-order valence-electron chi connectivity index (χ1n) is 7.26. The molecule has 0 aliphatic carbocycles. The molecule has 1 saturated heterocycles. The lowest BCUT2D eigenvalue weighted by Crippen LogP contribution is -2.47. The van der Waals surface area contributed by atoms with Crippen LogP contribution < -0.4 is 10.5 Å². The molecule has 0 bridgehead atoms.